The van der Waals surface area contributed by atoms with Crippen molar-refractivity contribution in [2.75, 3.05) is 0 Å². The highest BCUT2D eigenvalue weighted by Crippen LogP contribution is 2.26. The molecule has 0 bridgehead atoms. The van der Waals surface area contributed by atoms with Gasteiger partial charge in [-0.15, -0.1) is 6.58 Å². The maximum Gasteiger partial charge on any atom is 0.319 e. The van der Waals surface area contributed by atoms with Gasteiger partial charge in [-0.25, -0.2) is 0 Å². The van der Waals surface area contributed by atoms with Crippen LogP contribution in [0.25, 0.3) is 0 Å². The van der Waals surface area contributed by atoms with Crippen molar-refractivity contribution >= 4 is 37.1 Å². The first-order valence-electron chi connectivity index (χ1n) is 3.96. The second kappa shape index (κ2) is 15.8. The van der Waals surface area contributed by atoms with Gasteiger partial charge in [-0.3, -0.25) is 0 Å². The van der Waals surface area contributed by atoms with E-state index in [4.69, 9.17) is 29.4 Å². The van der Waals surface area contributed by atoms with Crippen LogP contribution in [0.15, 0.2) is 12.7 Å². The molecule has 0 aromatic heterocycles. The number of allylic oxidation sites excluding steroid dienone is 1. The lowest BCUT2D eigenvalue weighted by Gasteiger charge is -1.88. The van der Waals surface area contributed by atoms with Gasteiger partial charge in [-0.2, -0.15) is 0 Å². The summed E-state index contributed by atoms with van der Waals surface area (Å²) >= 11 is 7.21. The van der Waals surface area contributed by atoms with Crippen LogP contribution in [0.3, 0.4) is 0 Å². The SMILES string of the molecule is C=CC.CCC.OP(O)(O)=S.OP(O)(O)=S. The quantitative estimate of drug-likeness (QED) is 0.289. The molecule has 0 aromatic carbocycles. The molecule has 102 valence electrons. The Hall–Kier alpha value is 0.800. The monoisotopic (exact) mass is 314 g/mol. The molecular formula is C6H20O6P2S2. The summed E-state index contributed by atoms with van der Waals surface area (Å²) in [6.45, 7) is 1.89. The number of hydrogen-bond donors (Lipinski definition) is 6. The van der Waals surface area contributed by atoms with E-state index in [0.29, 0.717) is 0 Å². The van der Waals surface area contributed by atoms with Gasteiger partial charge in [0.25, 0.3) is 0 Å². The zero-order valence-corrected chi connectivity index (χ0v) is 12.8. The van der Waals surface area contributed by atoms with E-state index in [2.05, 4.69) is 44.0 Å². The van der Waals surface area contributed by atoms with Gasteiger partial charge in [-0.05, 0) is 30.5 Å². The lowest BCUT2D eigenvalue weighted by molar-refractivity contribution is 0.361. The molecule has 0 heterocycles. The summed E-state index contributed by atoms with van der Waals surface area (Å²) in [5.41, 5.74) is 0. The first-order chi connectivity index (χ1) is 6.83. The van der Waals surface area contributed by atoms with Gasteiger partial charge in [0.2, 0.25) is 0 Å². The van der Waals surface area contributed by atoms with Crippen molar-refractivity contribution in [2.45, 2.75) is 27.2 Å². The first-order valence-corrected chi connectivity index (χ1v) is 9.29. The average molecular weight is 314 g/mol. The zero-order valence-electron chi connectivity index (χ0n) is 9.39. The highest BCUT2D eigenvalue weighted by molar-refractivity contribution is 8.06. The Morgan fingerprint density at radius 3 is 0.938 bits per heavy atom. The van der Waals surface area contributed by atoms with Crippen molar-refractivity contribution in [3.63, 3.8) is 0 Å². The van der Waals surface area contributed by atoms with E-state index in [1.165, 1.54) is 6.42 Å². The number of rotatable bonds is 0. The van der Waals surface area contributed by atoms with E-state index in [9.17, 15) is 0 Å². The molecule has 6 N–H and O–H groups in total. The van der Waals surface area contributed by atoms with Gasteiger partial charge < -0.3 is 29.4 Å². The standard InChI is InChI=1S/C3H8.C3H6.2H3O3PS/c2*1-3-2;2*1-4(2,3)5/h3H2,1-2H3;3H,1H2,2H3;2*(H3,1,2,3,5). The number of hydrogen-bond acceptors (Lipinski definition) is 2. The third-order valence-corrected chi connectivity index (χ3v) is 0. The van der Waals surface area contributed by atoms with Gasteiger partial charge in [0.15, 0.2) is 0 Å². The summed E-state index contributed by atoms with van der Waals surface area (Å²) in [7, 11) is 0. The average Bonchev–Trinajstić information content (AvgIpc) is 1.79. The fourth-order valence-electron chi connectivity index (χ4n) is 0. The summed E-state index contributed by atoms with van der Waals surface area (Å²) < 4.78 is 0. The first kappa shape index (κ1) is 25.6. The van der Waals surface area contributed by atoms with Crippen LogP contribution >= 0.6 is 13.4 Å². The molecule has 6 nitrogen and oxygen atoms in total. The van der Waals surface area contributed by atoms with Crippen LogP contribution in [0.2, 0.25) is 0 Å². The molecule has 0 atom stereocenters. The summed E-state index contributed by atoms with van der Waals surface area (Å²) in [5.74, 6) is 0. The minimum atomic E-state index is -3.81. The van der Waals surface area contributed by atoms with E-state index >= 15 is 0 Å². The minimum Gasteiger partial charge on any atom is -0.325 e. The summed E-state index contributed by atoms with van der Waals surface area (Å²) in [5, 5.41) is 0. The van der Waals surface area contributed by atoms with Crippen molar-refractivity contribution < 1.29 is 29.4 Å². The van der Waals surface area contributed by atoms with E-state index < -0.39 is 13.4 Å². The van der Waals surface area contributed by atoms with Crippen LogP contribution in [0.5, 0.6) is 0 Å². The molecule has 0 radical (unpaired) electrons. The zero-order chi connectivity index (χ0) is 14.4. The summed E-state index contributed by atoms with van der Waals surface area (Å²) in [4.78, 5) is 45.3. The van der Waals surface area contributed by atoms with Crippen LogP contribution in [-0.2, 0) is 23.6 Å². The molecule has 0 aliphatic rings. The Labute approximate surface area is 106 Å². The summed E-state index contributed by atoms with van der Waals surface area (Å²) in [6.07, 6.45) is 3.00. The Balaban J connectivity index is -0.0000000621. The van der Waals surface area contributed by atoms with E-state index in [-0.39, 0.29) is 0 Å². The lowest BCUT2D eigenvalue weighted by Crippen LogP contribution is -1.65. The van der Waals surface area contributed by atoms with Crippen LogP contribution in [0, 0.1) is 0 Å². The molecule has 0 aliphatic carbocycles. The minimum absolute atomic E-state index is 1.25. The van der Waals surface area contributed by atoms with Gasteiger partial charge >= 0.3 is 13.4 Å². The molecule has 0 aliphatic heterocycles. The van der Waals surface area contributed by atoms with Crippen molar-refractivity contribution in [3.8, 4) is 0 Å². The Kier molecular flexibility index (Phi) is 25.3. The van der Waals surface area contributed by atoms with E-state index in [0.717, 1.165) is 0 Å². The Morgan fingerprint density at radius 2 is 0.938 bits per heavy atom. The van der Waals surface area contributed by atoms with Crippen molar-refractivity contribution in [1.29, 1.82) is 0 Å². The topological polar surface area (TPSA) is 121 Å². The second-order valence-electron chi connectivity index (χ2n) is 2.14. The van der Waals surface area contributed by atoms with E-state index in [1.807, 2.05) is 6.92 Å². The van der Waals surface area contributed by atoms with Crippen molar-refractivity contribution in [1.82, 2.24) is 0 Å². The van der Waals surface area contributed by atoms with Crippen molar-refractivity contribution in [3.05, 3.63) is 12.7 Å². The third kappa shape index (κ3) is 4400. The highest BCUT2D eigenvalue weighted by atomic mass is 32.5. The fraction of sp³-hybridized carbons (Fsp3) is 0.667. The molecule has 0 saturated heterocycles. The van der Waals surface area contributed by atoms with Gasteiger partial charge in [0.05, 0.1) is 0 Å². The summed E-state index contributed by atoms with van der Waals surface area (Å²) in [6, 6.07) is 0. The molecule has 0 aromatic rings. The van der Waals surface area contributed by atoms with Crippen LogP contribution in [0.4, 0.5) is 0 Å². The maximum absolute atomic E-state index is 7.56. The Bertz CT molecular complexity index is 187. The molecule has 16 heavy (non-hydrogen) atoms. The molecule has 0 rings (SSSR count). The van der Waals surface area contributed by atoms with Gasteiger partial charge in [0, 0.05) is 0 Å². The van der Waals surface area contributed by atoms with Gasteiger partial charge in [0.1, 0.15) is 0 Å². The largest absolute Gasteiger partial charge is 0.325 e. The smallest absolute Gasteiger partial charge is 0.319 e. The lowest BCUT2D eigenvalue weighted by atomic mass is 10.6. The van der Waals surface area contributed by atoms with Crippen LogP contribution in [0.1, 0.15) is 27.2 Å². The van der Waals surface area contributed by atoms with Crippen molar-refractivity contribution in [2.24, 2.45) is 0 Å². The molecule has 0 amide bonds. The fourth-order valence-corrected chi connectivity index (χ4v) is 0. The van der Waals surface area contributed by atoms with Gasteiger partial charge in [-0.1, -0.05) is 26.3 Å². The van der Waals surface area contributed by atoms with Crippen LogP contribution in [-0.4, -0.2) is 29.4 Å². The molecule has 0 fully saturated rings. The predicted molar refractivity (Wildman–Crippen MR) is 73.7 cm³/mol. The molecular weight excluding hydrogens is 294 g/mol. The van der Waals surface area contributed by atoms with Crippen LogP contribution < -0.4 is 0 Å². The molecule has 0 saturated carbocycles. The Morgan fingerprint density at radius 1 is 0.938 bits per heavy atom. The second-order valence-corrected chi connectivity index (χ2v) is 7.13. The molecule has 0 unspecified atom stereocenters. The normalized spacial score (nSPS) is 9.31. The molecule has 0 spiro atoms. The molecule has 10 heteroatoms. The highest BCUT2D eigenvalue weighted by Gasteiger charge is 1.92. The third-order valence-electron chi connectivity index (χ3n) is 0. The maximum atomic E-state index is 7.56. The predicted octanol–water partition coefficient (Wildman–Crippen LogP) is 0.984. The van der Waals surface area contributed by atoms with E-state index in [1.54, 1.807) is 6.08 Å².